The first-order valence-electron chi connectivity index (χ1n) is 6.99. The summed E-state index contributed by atoms with van der Waals surface area (Å²) in [6, 6.07) is 8.88. The summed E-state index contributed by atoms with van der Waals surface area (Å²) >= 11 is 0. The molecule has 0 fully saturated rings. The van der Waals surface area contributed by atoms with Crippen molar-refractivity contribution in [3.63, 3.8) is 0 Å². The average Bonchev–Trinajstić information content (AvgIpc) is 2.37. The molecule has 19 heavy (non-hydrogen) atoms. The highest BCUT2D eigenvalue weighted by Crippen LogP contribution is 2.18. The van der Waals surface area contributed by atoms with Gasteiger partial charge >= 0.3 is 0 Å². The summed E-state index contributed by atoms with van der Waals surface area (Å²) in [6.07, 6.45) is 2.29. The minimum Gasteiger partial charge on any atom is -0.369 e. The molecule has 3 N–H and O–H groups in total. The van der Waals surface area contributed by atoms with E-state index in [0.29, 0.717) is 6.54 Å². The third kappa shape index (κ3) is 4.67. The van der Waals surface area contributed by atoms with E-state index in [4.69, 9.17) is 5.73 Å². The van der Waals surface area contributed by atoms with Crippen molar-refractivity contribution in [3.05, 3.63) is 35.4 Å². The van der Waals surface area contributed by atoms with Crippen molar-refractivity contribution in [3.8, 4) is 0 Å². The van der Waals surface area contributed by atoms with E-state index in [2.05, 4.69) is 43.4 Å². The summed E-state index contributed by atoms with van der Waals surface area (Å²) in [5.74, 6) is -0.273. The van der Waals surface area contributed by atoms with E-state index in [-0.39, 0.29) is 11.9 Å². The van der Waals surface area contributed by atoms with E-state index < -0.39 is 5.41 Å². The van der Waals surface area contributed by atoms with Crippen LogP contribution in [0.1, 0.15) is 51.3 Å². The fourth-order valence-corrected chi connectivity index (χ4v) is 1.87. The molecule has 1 aromatic rings. The fraction of sp³-hybridized carbons (Fsp3) is 0.562. The predicted octanol–water partition coefficient (Wildman–Crippen LogP) is 2.80. The fourth-order valence-electron chi connectivity index (χ4n) is 1.87. The van der Waals surface area contributed by atoms with E-state index in [1.54, 1.807) is 0 Å². The summed E-state index contributed by atoms with van der Waals surface area (Å²) in [6.45, 7) is 8.59. The molecule has 0 radical (unpaired) electrons. The van der Waals surface area contributed by atoms with Crippen LogP contribution >= 0.6 is 0 Å². The van der Waals surface area contributed by atoms with Gasteiger partial charge in [0.05, 0.1) is 5.41 Å². The molecular formula is C16H26N2O. The maximum atomic E-state index is 11.3. The zero-order valence-electron chi connectivity index (χ0n) is 12.5. The van der Waals surface area contributed by atoms with E-state index in [0.717, 1.165) is 6.42 Å². The first-order valence-corrected chi connectivity index (χ1v) is 6.99. The number of carbonyl (C=O) groups is 1. The molecule has 1 rings (SSSR count). The van der Waals surface area contributed by atoms with Crippen LogP contribution in [0, 0.1) is 5.41 Å². The number of nitrogens with two attached hydrogens (primary N) is 1. The number of primary amides is 1. The molecule has 1 atom stereocenters. The third-order valence-electron chi connectivity index (χ3n) is 3.54. The van der Waals surface area contributed by atoms with Crippen molar-refractivity contribution in [2.75, 3.05) is 6.54 Å². The van der Waals surface area contributed by atoms with Crippen molar-refractivity contribution in [1.29, 1.82) is 0 Å². The maximum absolute atomic E-state index is 11.3. The van der Waals surface area contributed by atoms with Gasteiger partial charge in [-0.15, -0.1) is 0 Å². The van der Waals surface area contributed by atoms with Crippen LogP contribution in [0.5, 0.6) is 0 Å². The molecule has 0 saturated heterocycles. The molecule has 0 heterocycles. The standard InChI is InChI=1S/C16H26N2O/c1-5-6-13-7-9-14(10-8-13)12(2)18-11-16(3,4)15(17)19/h7-10,12,18H,5-6,11H2,1-4H3,(H2,17,19). The van der Waals surface area contributed by atoms with Gasteiger partial charge in [0.2, 0.25) is 5.91 Å². The largest absolute Gasteiger partial charge is 0.369 e. The number of aryl methyl sites for hydroxylation is 1. The summed E-state index contributed by atoms with van der Waals surface area (Å²) in [5, 5.41) is 3.37. The zero-order chi connectivity index (χ0) is 14.5. The van der Waals surface area contributed by atoms with Gasteiger partial charge in [-0.1, -0.05) is 37.6 Å². The molecule has 1 aromatic carbocycles. The molecular weight excluding hydrogens is 236 g/mol. The first-order chi connectivity index (χ1) is 8.86. The van der Waals surface area contributed by atoms with Crippen molar-refractivity contribution in [1.82, 2.24) is 5.32 Å². The Bertz CT molecular complexity index is 409. The van der Waals surface area contributed by atoms with Crippen LogP contribution in [-0.4, -0.2) is 12.5 Å². The van der Waals surface area contributed by atoms with E-state index >= 15 is 0 Å². The Labute approximate surface area is 116 Å². The molecule has 0 aliphatic carbocycles. The Kier molecular flexibility index (Phi) is 5.55. The van der Waals surface area contributed by atoms with Crippen molar-refractivity contribution in [2.24, 2.45) is 11.1 Å². The maximum Gasteiger partial charge on any atom is 0.224 e. The SMILES string of the molecule is CCCc1ccc(C(C)NCC(C)(C)C(N)=O)cc1. The second-order valence-corrected chi connectivity index (χ2v) is 5.84. The van der Waals surface area contributed by atoms with Gasteiger partial charge in [-0.2, -0.15) is 0 Å². The van der Waals surface area contributed by atoms with E-state index in [1.165, 1.54) is 17.5 Å². The van der Waals surface area contributed by atoms with Crippen LogP contribution < -0.4 is 11.1 Å². The van der Waals surface area contributed by atoms with E-state index in [1.807, 2.05) is 13.8 Å². The van der Waals surface area contributed by atoms with Crippen LogP contribution in [0.15, 0.2) is 24.3 Å². The topological polar surface area (TPSA) is 55.1 Å². The van der Waals surface area contributed by atoms with Gasteiger partial charge in [-0.05, 0) is 38.3 Å². The number of nitrogens with one attached hydrogen (secondary N) is 1. The lowest BCUT2D eigenvalue weighted by Gasteiger charge is -2.24. The molecule has 0 bridgehead atoms. The number of carbonyl (C=O) groups excluding carboxylic acids is 1. The zero-order valence-corrected chi connectivity index (χ0v) is 12.5. The highest BCUT2D eigenvalue weighted by atomic mass is 16.1. The molecule has 1 amide bonds. The van der Waals surface area contributed by atoms with Crippen molar-refractivity contribution < 1.29 is 4.79 Å². The minimum absolute atomic E-state index is 0.217. The molecule has 0 aliphatic heterocycles. The quantitative estimate of drug-likeness (QED) is 0.794. The smallest absolute Gasteiger partial charge is 0.224 e. The Morgan fingerprint density at radius 3 is 2.37 bits per heavy atom. The summed E-state index contributed by atoms with van der Waals surface area (Å²) < 4.78 is 0. The second kappa shape index (κ2) is 6.71. The third-order valence-corrected chi connectivity index (χ3v) is 3.54. The van der Waals surface area contributed by atoms with Gasteiger partial charge in [0.15, 0.2) is 0 Å². The van der Waals surface area contributed by atoms with Gasteiger partial charge in [0, 0.05) is 12.6 Å². The first kappa shape index (κ1) is 15.7. The number of amides is 1. The Hall–Kier alpha value is -1.35. The molecule has 0 spiro atoms. The molecule has 3 heteroatoms. The van der Waals surface area contributed by atoms with Crippen LogP contribution in [0.3, 0.4) is 0 Å². The number of rotatable bonds is 7. The van der Waals surface area contributed by atoms with Gasteiger partial charge in [0.25, 0.3) is 0 Å². The Morgan fingerprint density at radius 1 is 1.32 bits per heavy atom. The Balaban J connectivity index is 2.58. The molecule has 1 unspecified atom stereocenters. The summed E-state index contributed by atoms with van der Waals surface area (Å²) in [4.78, 5) is 11.3. The van der Waals surface area contributed by atoms with Crippen LogP contribution in [0.4, 0.5) is 0 Å². The monoisotopic (exact) mass is 262 g/mol. The predicted molar refractivity (Wildman–Crippen MR) is 79.8 cm³/mol. The molecule has 0 saturated carbocycles. The average molecular weight is 262 g/mol. The molecule has 0 aliphatic rings. The number of hydrogen-bond acceptors (Lipinski definition) is 2. The lowest BCUT2D eigenvalue weighted by atomic mass is 9.92. The summed E-state index contributed by atoms with van der Waals surface area (Å²) in [5.41, 5.74) is 7.46. The van der Waals surface area contributed by atoms with Crippen LogP contribution in [-0.2, 0) is 11.2 Å². The van der Waals surface area contributed by atoms with Crippen LogP contribution in [0.2, 0.25) is 0 Å². The highest BCUT2D eigenvalue weighted by Gasteiger charge is 2.25. The van der Waals surface area contributed by atoms with Crippen molar-refractivity contribution >= 4 is 5.91 Å². The summed E-state index contributed by atoms with van der Waals surface area (Å²) in [7, 11) is 0. The minimum atomic E-state index is -0.517. The van der Waals surface area contributed by atoms with Crippen LogP contribution in [0.25, 0.3) is 0 Å². The lowest BCUT2D eigenvalue weighted by molar-refractivity contribution is -0.125. The normalized spacial score (nSPS) is 13.3. The molecule has 3 nitrogen and oxygen atoms in total. The number of hydrogen-bond donors (Lipinski definition) is 2. The molecule has 106 valence electrons. The Morgan fingerprint density at radius 2 is 1.89 bits per heavy atom. The second-order valence-electron chi connectivity index (χ2n) is 5.84. The number of benzene rings is 1. The van der Waals surface area contributed by atoms with Gasteiger partial charge in [-0.25, -0.2) is 0 Å². The van der Waals surface area contributed by atoms with E-state index in [9.17, 15) is 4.79 Å². The lowest BCUT2D eigenvalue weighted by Crippen LogP contribution is -2.41. The van der Waals surface area contributed by atoms with Gasteiger partial charge in [-0.3, -0.25) is 4.79 Å². The highest BCUT2D eigenvalue weighted by molar-refractivity contribution is 5.80. The van der Waals surface area contributed by atoms with Gasteiger partial charge < -0.3 is 11.1 Å². The van der Waals surface area contributed by atoms with Crippen molar-refractivity contribution in [2.45, 2.75) is 46.6 Å². The molecule has 0 aromatic heterocycles. The van der Waals surface area contributed by atoms with Gasteiger partial charge in [0.1, 0.15) is 0 Å².